The summed E-state index contributed by atoms with van der Waals surface area (Å²) in [6, 6.07) is 5.58. The van der Waals surface area contributed by atoms with Crippen molar-refractivity contribution in [1.82, 2.24) is 9.97 Å². The van der Waals surface area contributed by atoms with E-state index in [2.05, 4.69) is 23.8 Å². The molecule has 1 aliphatic carbocycles. The molecular formula is C30H34Cl2N4O4. The molecule has 0 bridgehead atoms. The van der Waals surface area contributed by atoms with Crippen molar-refractivity contribution in [2.75, 3.05) is 51.2 Å². The number of benzene rings is 1. The maximum absolute atomic E-state index is 12.1. The lowest BCUT2D eigenvalue weighted by atomic mass is 9.89. The van der Waals surface area contributed by atoms with Gasteiger partial charge in [-0.25, -0.2) is 9.97 Å². The monoisotopic (exact) mass is 584 g/mol. The van der Waals surface area contributed by atoms with Crippen LogP contribution in [0.15, 0.2) is 37.1 Å². The van der Waals surface area contributed by atoms with E-state index in [-0.39, 0.29) is 17.7 Å². The fraction of sp³-hybridized carbons (Fsp3) is 0.433. The first-order valence-corrected chi connectivity index (χ1v) is 14.2. The molecule has 1 saturated carbocycles. The molecule has 0 amide bonds. The lowest BCUT2D eigenvalue weighted by molar-refractivity contribution is -0.116. The Kier molecular flexibility index (Phi) is 8.68. The Bertz CT molecular complexity index is 1400. The highest BCUT2D eigenvalue weighted by Crippen LogP contribution is 2.46. The van der Waals surface area contributed by atoms with Gasteiger partial charge in [0.15, 0.2) is 5.78 Å². The van der Waals surface area contributed by atoms with E-state index in [1.54, 1.807) is 20.3 Å². The molecule has 8 nitrogen and oxygen atoms in total. The highest BCUT2D eigenvalue weighted by molar-refractivity contribution is 6.41. The number of fused-ring (bicyclic) bond motifs is 1. The van der Waals surface area contributed by atoms with E-state index in [0.717, 1.165) is 29.6 Å². The lowest BCUT2D eigenvalue weighted by Crippen LogP contribution is -2.39. The predicted octanol–water partition coefficient (Wildman–Crippen LogP) is 6.43. The van der Waals surface area contributed by atoms with Crippen molar-refractivity contribution in [3.05, 3.63) is 47.1 Å². The Hall–Kier alpha value is -3.07. The number of methoxy groups -OCH3 is 2. The van der Waals surface area contributed by atoms with Crippen LogP contribution in [-0.2, 0) is 9.53 Å². The van der Waals surface area contributed by atoms with Crippen LogP contribution in [0.4, 0.5) is 11.6 Å². The summed E-state index contributed by atoms with van der Waals surface area (Å²) in [4.78, 5) is 24.1. The molecule has 40 heavy (non-hydrogen) atoms. The minimum Gasteiger partial charge on any atom is -0.495 e. The molecular weight excluding hydrogens is 551 g/mol. The molecule has 2 fully saturated rings. The van der Waals surface area contributed by atoms with Crippen LogP contribution in [0, 0.1) is 11.8 Å². The molecule has 0 unspecified atom stereocenters. The van der Waals surface area contributed by atoms with Gasteiger partial charge in [0.05, 0.1) is 42.6 Å². The number of halogens is 2. The minimum atomic E-state index is -0.0377. The molecule has 2 atom stereocenters. The van der Waals surface area contributed by atoms with Gasteiger partial charge in [-0.05, 0) is 49.3 Å². The van der Waals surface area contributed by atoms with Crippen LogP contribution in [-0.4, -0.2) is 62.8 Å². The number of aromatic nitrogens is 2. The van der Waals surface area contributed by atoms with Crippen LogP contribution >= 0.6 is 23.2 Å². The normalized spacial score (nSPS) is 18.8. The molecule has 10 heteroatoms. The number of anilines is 2. The van der Waals surface area contributed by atoms with Crippen molar-refractivity contribution in [3.63, 3.8) is 0 Å². The summed E-state index contributed by atoms with van der Waals surface area (Å²) < 4.78 is 16.7. The van der Waals surface area contributed by atoms with Crippen molar-refractivity contribution in [2.45, 2.75) is 31.7 Å². The summed E-state index contributed by atoms with van der Waals surface area (Å²) in [6.45, 7) is 5.66. The molecule has 2 aromatic heterocycles. The maximum atomic E-state index is 12.1. The molecule has 212 valence electrons. The number of nitrogens with one attached hydrogen (secondary N) is 1. The fourth-order valence-corrected chi connectivity index (χ4v) is 5.92. The van der Waals surface area contributed by atoms with Gasteiger partial charge in [-0.1, -0.05) is 29.8 Å². The molecule has 3 heterocycles. The first-order chi connectivity index (χ1) is 19.3. The van der Waals surface area contributed by atoms with Gasteiger partial charge in [0.1, 0.15) is 23.1 Å². The van der Waals surface area contributed by atoms with E-state index in [1.165, 1.54) is 18.9 Å². The van der Waals surface area contributed by atoms with Gasteiger partial charge < -0.3 is 24.4 Å². The van der Waals surface area contributed by atoms with Crippen molar-refractivity contribution in [2.24, 2.45) is 11.8 Å². The number of nitrogens with zero attached hydrogens (tertiary/aromatic N) is 3. The molecule has 0 spiro atoms. The smallest absolute Gasteiger partial charge is 0.155 e. The minimum absolute atomic E-state index is 0.0377. The van der Waals surface area contributed by atoms with Crippen molar-refractivity contribution >= 4 is 51.4 Å². The average molecular weight is 586 g/mol. The third-order valence-corrected chi connectivity index (χ3v) is 8.39. The van der Waals surface area contributed by atoms with Gasteiger partial charge in [0, 0.05) is 55.2 Å². The first kappa shape index (κ1) is 28.5. The van der Waals surface area contributed by atoms with E-state index >= 15 is 0 Å². The molecule has 1 aliphatic heterocycles. The van der Waals surface area contributed by atoms with Crippen LogP contribution in [0.1, 0.15) is 25.7 Å². The number of ether oxygens (including phenoxy) is 3. The molecule has 0 radical (unpaired) electrons. The number of carbonyl (C=O) groups excluding carboxylic acids is 1. The van der Waals surface area contributed by atoms with Crippen molar-refractivity contribution < 1.29 is 19.0 Å². The number of ketones is 1. The summed E-state index contributed by atoms with van der Waals surface area (Å²) in [5, 5.41) is 6.08. The van der Waals surface area contributed by atoms with Gasteiger partial charge in [-0.2, -0.15) is 0 Å². The fourth-order valence-electron chi connectivity index (χ4n) is 5.23. The van der Waals surface area contributed by atoms with E-state index in [9.17, 15) is 4.79 Å². The second kappa shape index (κ2) is 12.2. The largest absolute Gasteiger partial charge is 0.495 e. The topological polar surface area (TPSA) is 85.8 Å². The molecule has 1 aromatic carbocycles. The molecule has 1 N–H and O–H groups in total. The Labute approximate surface area is 244 Å². The quantitative estimate of drug-likeness (QED) is 0.258. The second-order valence-corrected chi connectivity index (χ2v) is 11.2. The number of hydrogen-bond donors (Lipinski definition) is 1. The van der Waals surface area contributed by atoms with Crippen LogP contribution < -0.4 is 19.7 Å². The Morgan fingerprint density at radius 3 is 2.55 bits per heavy atom. The highest BCUT2D eigenvalue weighted by atomic mass is 35.5. The molecule has 5 rings (SSSR count). The first-order valence-electron chi connectivity index (χ1n) is 13.4. The molecule has 1 saturated heterocycles. The van der Waals surface area contributed by atoms with Gasteiger partial charge in [-0.15, -0.1) is 0 Å². The van der Waals surface area contributed by atoms with Gasteiger partial charge in [0.2, 0.25) is 0 Å². The number of hydrogen-bond acceptors (Lipinski definition) is 8. The number of carbonyl (C=O) groups is 1. The van der Waals surface area contributed by atoms with E-state index < -0.39 is 0 Å². The van der Waals surface area contributed by atoms with Crippen molar-refractivity contribution in [1.29, 1.82) is 0 Å². The van der Waals surface area contributed by atoms with E-state index in [0.29, 0.717) is 64.2 Å². The third-order valence-electron chi connectivity index (χ3n) is 7.64. The summed E-state index contributed by atoms with van der Waals surface area (Å²) in [5.41, 5.74) is 1.14. The highest BCUT2D eigenvalue weighted by Gasteiger charge is 2.29. The number of pyridine rings is 2. The Morgan fingerprint density at radius 2 is 1.90 bits per heavy atom. The van der Waals surface area contributed by atoms with Gasteiger partial charge >= 0.3 is 0 Å². The molecule has 2 aliphatic rings. The molecule has 3 aromatic rings. The predicted molar refractivity (Wildman–Crippen MR) is 160 cm³/mol. The van der Waals surface area contributed by atoms with Crippen LogP contribution in [0.3, 0.4) is 0 Å². The average Bonchev–Trinajstić information content (AvgIpc) is 3.78. The SMILES string of the molecule is C=CC(=O)C[C@H]1CCOC[C@H]1Nc1cc2c(N(C)CC3CC3)nc(-c3c(Cl)c(OC)cc(OC)c3Cl)cc2cn1. The van der Waals surface area contributed by atoms with Crippen LogP contribution in [0.2, 0.25) is 10.0 Å². The lowest BCUT2D eigenvalue weighted by Gasteiger charge is -2.32. The Morgan fingerprint density at radius 1 is 1.18 bits per heavy atom. The number of rotatable bonds is 11. The van der Waals surface area contributed by atoms with Gasteiger partial charge in [0.25, 0.3) is 0 Å². The zero-order valence-electron chi connectivity index (χ0n) is 23.0. The standard InChI is InChI=1S/C30H34Cl2N4O4/c1-5-20(37)10-18-8-9-40-16-23(18)34-26-12-21-19(14-33-26)11-22(35-30(21)36(2)15-17-6-7-17)27-28(31)24(38-3)13-25(39-4)29(27)32/h5,11-14,17-18,23H,1,6-10,15-16H2,2-4H3,(H,33,34)/t18-,23-/m1/s1. The summed E-state index contributed by atoms with van der Waals surface area (Å²) in [5.74, 6) is 3.23. The van der Waals surface area contributed by atoms with E-state index in [4.69, 9.17) is 47.4 Å². The summed E-state index contributed by atoms with van der Waals surface area (Å²) in [6.07, 6.45) is 6.88. The Balaban J connectivity index is 1.57. The third kappa shape index (κ3) is 5.99. The summed E-state index contributed by atoms with van der Waals surface area (Å²) in [7, 11) is 5.15. The van der Waals surface area contributed by atoms with Crippen LogP contribution in [0.25, 0.3) is 22.0 Å². The van der Waals surface area contributed by atoms with E-state index in [1.807, 2.05) is 18.3 Å². The van der Waals surface area contributed by atoms with Gasteiger partial charge in [-0.3, -0.25) is 4.79 Å². The second-order valence-electron chi connectivity index (χ2n) is 10.5. The summed E-state index contributed by atoms with van der Waals surface area (Å²) >= 11 is 13.5. The zero-order chi connectivity index (χ0) is 28.4. The van der Waals surface area contributed by atoms with Crippen LogP contribution in [0.5, 0.6) is 11.5 Å². The number of allylic oxidation sites excluding steroid dienone is 1. The zero-order valence-corrected chi connectivity index (χ0v) is 24.5. The van der Waals surface area contributed by atoms with Crippen molar-refractivity contribution in [3.8, 4) is 22.8 Å². The maximum Gasteiger partial charge on any atom is 0.155 e.